The van der Waals surface area contributed by atoms with Crippen LogP contribution in [0.25, 0.3) is 0 Å². The Morgan fingerprint density at radius 1 is 1.32 bits per heavy atom. The summed E-state index contributed by atoms with van der Waals surface area (Å²) >= 11 is 0. The maximum atomic E-state index is 11.9. The number of benzene rings is 1. The van der Waals surface area contributed by atoms with Crippen molar-refractivity contribution in [3.05, 3.63) is 29.8 Å². The molecular formula is C14H18N2O3. The summed E-state index contributed by atoms with van der Waals surface area (Å²) in [5.74, 6) is -0.371. The van der Waals surface area contributed by atoms with Gasteiger partial charge in [-0.2, -0.15) is 0 Å². The van der Waals surface area contributed by atoms with Crippen LogP contribution in [-0.2, 0) is 9.53 Å². The van der Waals surface area contributed by atoms with Gasteiger partial charge in [-0.1, -0.05) is 0 Å². The maximum absolute atomic E-state index is 11.9. The molecule has 0 radical (unpaired) electrons. The molecule has 0 spiro atoms. The molecule has 1 fully saturated rings. The van der Waals surface area contributed by atoms with E-state index >= 15 is 0 Å². The summed E-state index contributed by atoms with van der Waals surface area (Å²) in [4.78, 5) is 23.3. The van der Waals surface area contributed by atoms with Crippen molar-refractivity contribution in [2.75, 3.05) is 12.3 Å². The highest BCUT2D eigenvalue weighted by Crippen LogP contribution is 2.28. The van der Waals surface area contributed by atoms with E-state index in [4.69, 9.17) is 10.5 Å². The van der Waals surface area contributed by atoms with Crippen LogP contribution in [0.1, 0.15) is 30.1 Å². The summed E-state index contributed by atoms with van der Waals surface area (Å²) in [5.41, 5.74) is 6.77. The van der Waals surface area contributed by atoms with Gasteiger partial charge in [-0.15, -0.1) is 0 Å². The molecule has 5 heteroatoms. The molecule has 102 valence electrons. The zero-order valence-electron chi connectivity index (χ0n) is 10.9. The number of hydrogen-bond acceptors (Lipinski definition) is 4. The van der Waals surface area contributed by atoms with Crippen LogP contribution in [0.3, 0.4) is 0 Å². The van der Waals surface area contributed by atoms with Gasteiger partial charge in [0, 0.05) is 17.3 Å². The van der Waals surface area contributed by atoms with Crippen LogP contribution in [0.4, 0.5) is 5.69 Å². The van der Waals surface area contributed by atoms with E-state index in [-0.39, 0.29) is 23.8 Å². The first-order valence-electron chi connectivity index (χ1n) is 6.43. The number of anilines is 1. The van der Waals surface area contributed by atoms with Crippen molar-refractivity contribution in [1.29, 1.82) is 0 Å². The van der Waals surface area contributed by atoms with E-state index in [1.165, 1.54) is 0 Å². The number of carbonyl (C=O) groups excluding carboxylic acids is 2. The van der Waals surface area contributed by atoms with Crippen LogP contribution in [0.5, 0.6) is 0 Å². The lowest BCUT2D eigenvalue weighted by atomic mass is 9.80. The molecule has 0 atom stereocenters. The lowest BCUT2D eigenvalue weighted by Gasteiger charge is -2.33. The van der Waals surface area contributed by atoms with Gasteiger partial charge < -0.3 is 15.8 Å². The van der Waals surface area contributed by atoms with Gasteiger partial charge in [-0.05, 0) is 44.0 Å². The van der Waals surface area contributed by atoms with Gasteiger partial charge in [0.05, 0.1) is 12.5 Å². The highest BCUT2D eigenvalue weighted by molar-refractivity contribution is 5.94. The van der Waals surface area contributed by atoms with Gasteiger partial charge in [-0.3, -0.25) is 9.59 Å². The van der Waals surface area contributed by atoms with E-state index in [1.54, 1.807) is 31.2 Å². The summed E-state index contributed by atoms with van der Waals surface area (Å²) in [5, 5.41) is 2.89. The van der Waals surface area contributed by atoms with Crippen LogP contribution in [0, 0.1) is 5.92 Å². The molecule has 1 aliphatic carbocycles. The van der Waals surface area contributed by atoms with Gasteiger partial charge in [0.2, 0.25) is 0 Å². The Labute approximate surface area is 112 Å². The normalized spacial score (nSPS) is 21.3. The standard InChI is InChI=1S/C14H18N2O3/c1-2-19-14(18)10-7-12(8-10)16-13(17)9-3-5-11(15)6-4-9/h3-6,10,12H,2,7-8,15H2,1H3,(H,16,17). The summed E-state index contributed by atoms with van der Waals surface area (Å²) in [6, 6.07) is 6.81. The zero-order chi connectivity index (χ0) is 13.8. The Balaban J connectivity index is 1.79. The molecule has 0 aromatic heterocycles. The highest BCUT2D eigenvalue weighted by atomic mass is 16.5. The smallest absolute Gasteiger partial charge is 0.309 e. The molecule has 0 aliphatic heterocycles. The summed E-state index contributed by atoms with van der Waals surface area (Å²) < 4.78 is 4.93. The number of rotatable bonds is 4. The van der Waals surface area contributed by atoms with Crippen molar-refractivity contribution >= 4 is 17.6 Å². The van der Waals surface area contributed by atoms with Crippen molar-refractivity contribution in [2.45, 2.75) is 25.8 Å². The summed E-state index contributed by atoms with van der Waals surface area (Å²) in [6.07, 6.45) is 1.30. The number of esters is 1. The van der Waals surface area contributed by atoms with Gasteiger partial charge in [-0.25, -0.2) is 0 Å². The molecule has 5 nitrogen and oxygen atoms in total. The highest BCUT2D eigenvalue weighted by Gasteiger charge is 2.36. The van der Waals surface area contributed by atoms with Crippen molar-refractivity contribution in [1.82, 2.24) is 5.32 Å². The lowest BCUT2D eigenvalue weighted by Crippen LogP contribution is -2.47. The van der Waals surface area contributed by atoms with E-state index in [9.17, 15) is 9.59 Å². The predicted molar refractivity (Wildman–Crippen MR) is 71.5 cm³/mol. The van der Waals surface area contributed by atoms with Crippen LogP contribution >= 0.6 is 0 Å². The molecule has 1 aliphatic rings. The third kappa shape index (κ3) is 3.24. The van der Waals surface area contributed by atoms with Gasteiger partial charge in [0.15, 0.2) is 0 Å². The first kappa shape index (κ1) is 13.4. The Morgan fingerprint density at radius 3 is 2.53 bits per heavy atom. The molecular weight excluding hydrogens is 244 g/mol. The maximum Gasteiger partial charge on any atom is 0.309 e. The summed E-state index contributed by atoms with van der Waals surface area (Å²) in [7, 11) is 0. The molecule has 3 N–H and O–H groups in total. The Bertz CT molecular complexity index is 464. The fourth-order valence-electron chi connectivity index (χ4n) is 2.09. The van der Waals surface area contributed by atoms with Crippen LogP contribution in [-0.4, -0.2) is 24.5 Å². The van der Waals surface area contributed by atoms with Crippen molar-refractivity contribution in [3.8, 4) is 0 Å². The fraction of sp³-hybridized carbons (Fsp3) is 0.429. The molecule has 1 amide bonds. The van der Waals surface area contributed by atoms with E-state index < -0.39 is 0 Å². The second-order valence-corrected chi connectivity index (χ2v) is 4.71. The predicted octanol–water partition coefficient (Wildman–Crippen LogP) is 1.34. The topological polar surface area (TPSA) is 81.4 Å². The van der Waals surface area contributed by atoms with Gasteiger partial charge >= 0.3 is 5.97 Å². The molecule has 0 heterocycles. The van der Waals surface area contributed by atoms with Crippen LogP contribution in [0.2, 0.25) is 0 Å². The third-order valence-electron chi connectivity index (χ3n) is 3.27. The number of nitrogens with two attached hydrogens (primary N) is 1. The van der Waals surface area contributed by atoms with Crippen molar-refractivity contribution in [2.24, 2.45) is 5.92 Å². The van der Waals surface area contributed by atoms with E-state index in [2.05, 4.69) is 5.32 Å². The minimum Gasteiger partial charge on any atom is -0.466 e. The molecule has 0 saturated heterocycles. The van der Waals surface area contributed by atoms with Gasteiger partial charge in [0.25, 0.3) is 5.91 Å². The largest absolute Gasteiger partial charge is 0.466 e. The van der Waals surface area contributed by atoms with Crippen molar-refractivity contribution in [3.63, 3.8) is 0 Å². The minimum atomic E-state index is -0.166. The Morgan fingerprint density at radius 2 is 1.95 bits per heavy atom. The lowest BCUT2D eigenvalue weighted by molar-refractivity contribution is -0.151. The molecule has 1 saturated carbocycles. The van der Waals surface area contributed by atoms with E-state index in [0.717, 1.165) is 0 Å². The fourth-order valence-corrected chi connectivity index (χ4v) is 2.09. The first-order chi connectivity index (χ1) is 9.10. The Kier molecular flexibility index (Phi) is 4.04. The number of nitrogen functional groups attached to an aromatic ring is 1. The van der Waals surface area contributed by atoms with Crippen LogP contribution in [0.15, 0.2) is 24.3 Å². The number of carbonyl (C=O) groups is 2. The zero-order valence-corrected chi connectivity index (χ0v) is 10.9. The monoisotopic (exact) mass is 262 g/mol. The minimum absolute atomic E-state index is 0.0551. The first-order valence-corrected chi connectivity index (χ1v) is 6.43. The van der Waals surface area contributed by atoms with E-state index in [0.29, 0.717) is 30.7 Å². The number of hydrogen-bond donors (Lipinski definition) is 2. The molecule has 19 heavy (non-hydrogen) atoms. The second-order valence-electron chi connectivity index (χ2n) is 4.71. The number of amides is 1. The molecule has 0 unspecified atom stereocenters. The summed E-state index contributed by atoms with van der Waals surface area (Å²) in [6.45, 7) is 2.19. The van der Waals surface area contributed by atoms with E-state index in [1.807, 2.05) is 0 Å². The average Bonchev–Trinajstić information content (AvgIpc) is 2.34. The quantitative estimate of drug-likeness (QED) is 0.633. The number of nitrogens with one attached hydrogen (secondary N) is 1. The van der Waals surface area contributed by atoms with Crippen LogP contribution < -0.4 is 11.1 Å². The van der Waals surface area contributed by atoms with Gasteiger partial charge in [0.1, 0.15) is 0 Å². The Hall–Kier alpha value is -2.04. The molecule has 0 bridgehead atoms. The third-order valence-corrected chi connectivity index (χ3v) is 3.27. The average molecular weight is 262 g/mol. The molecule has 2 rings (SSSR count). The number of ether oxygens (including phenoxy) is 1. The molecule has 1 aromatic carbocycles. The molecule has 1 aromatic rings. The van der Waals surface area contributed by atoms with Crippen molar-refractivity contribution < 1.29 is 14.3 Å². The second kappa shape index (κ2) is 5.73. The SMILES string of the molecule is CCOC(=O)C1CC(NC(=O)c2ccc(N)cc2)C1.